The number of hydrogen-bond acceptors (Lipinski definition) is 5. The van der Waals surface area contributed by atoms with Gasteiger partial charge in [-0.25, -0.2) is 22.0 Å². The fraction of sp³-hybridized carbons (Fsp3) is 0.0455. The molecule has 0 bridgehead atoms. The minimum absolute atomic E-state index is 0.0373. The summed E-state index contributed by atoms with van der Waals surface area (Å²) in [5, 5.41) is 20.0. The maximum atomic E-state index is 14.1. The maximum absolute atomic E-state index is 14.1. The molecule has 164 valence electrons. The molecule has 0 saturated heterocycles. The molecule has 0 aliphatic carbocycles. The molecule has 0 heterocycles. The smallest absolute Gasteiger partial charge is 0.200 e. The number of anilines is 1. The second-order valence-corrected chi connectivity index (χ2v) is 7.59. The predicted octanol–water partition coefficient (Wildman–Crippen LogP) is 4.99. The number of nitrogen functional groups attached to an aromatic ring is 1. The van der Waals surface area contributed by atoms with Crippen LogP contribution in [-0.2, 0) is 0 Å². The van der Waals surface area contributed by atoms with E-state index in [9.17, 15) is 32.3 Å². The summed E-state index contributed by atoms with van der Waals surface area (Å²) >= 11 is 1.01. The van der Waals surface area contributed by atoms with Gasteiger partial charge in [0.05, 0.1) is 16.2 Å². The zero-order chi connectivity index (χ0) is 23.6. The average molecular weight is 463 g/mol. The lowest BCUT2D eigenvalue weighted by molar-refractivity contribution is 0.202. The molecule has 1 atom stereocenters. The number of nitrogens with two attached hydrogens (primary N) is 2. The first-order valence-electron chi connectivity index (χ1n) is 8.89. The summed E-state index contributed by atoms with van der Waals surface area (Å²) in [6.07, 6.45) is -2.20. The third-order valence-corrected chi connectivity index (χ3v) is 5.52. The molecular formula is C22H14F5N3OS. The van der Waals surface area contributed by atoms with E-state index < -0.39 is 40.8 Å². The van der Waals surface area contributed by atoms with Crippen LogP contribution in [0.25, 0.3) is 5.57 Å². The van der Waals surface area contributed by atoms with Gasteiger partial charge in [-0.15, -0.1) is 0 Å². The van der Waals surface area contributed by atoms with Gasteiger partial charge in [-0.1, -0.05) is 42.1 Å². The number of hydrogen-bond donors (Lipinski definition) is 3. The van der Waals surface area contributed by atoms with Crippen molar-refractivity contribution in [2.75, 3.05) is 5.73 Å². The van der Waals surface area contributed by atoms with Crippen LogP contribution in [-0.4, -0.2) is 5.11 Å². The van der Waals surface area contributed by atoms with Crippen LogP contribution in [0.1, 0.15) is 22.8 Å². The minimum Gasteiger partial charge on any atom is -0.398 e. The maximum Gasteiger partial charge on any atom is 0.200 e. The Morgan fingerprint density at radius 3 is 2.09 bits per heavy atom. The van der Waals surface area contributed by atoms with E-state index in [0.29, 0.717) is 10.6 Å². The van der Waals surface area contributed by atoms with Gasteiger partial charge in [0.2, 0.25) is 5.82 Å². The van der Waals surface area contributed by atoms with Crippen molar-refractivity contribution < 1.29 is 27.1 Å². The van der Waals surface area contributed by atoms with Gasteiger partial charge in [-0.3, -0.25) is 0 Å². The van der Waals surface area contributed by atoms with E-state index in [1.54, 1.807) is 24.3 Å². The Bertz CT molecular complexity index is 1240. The Labute approximate surface area is 183 Å². The molecule has 0 aliphatic heterocycles. The van der Waals surface area contributed by atoms with Crippen molar-refractivity contribution >= 4 is 23.0 Å². The molecular weight excluding hydrogens is 449 g/mol. The van der Waals surface area contributed by atoms with E-state index in [2.05, 4.69) is 0 Å². The molecule has 0 aromatic heterocycles. The van der Waals surface area contributed by atoms with Crippen molar-refractivity contribution in [3.63, 3.8) is 0 Å². The number of aliphatic hydroxyl groups excluding tert-OH is 1. The van der Waals surface area contributed by atoms with Crippen molar-refractivity contribution in [3.05, 3.63) is 99.3 Å². The summed E-state index contributed by atoms with van der Waals surface area (Å²) in [7, 11) is 0. The van der Waals surface area contributed by atoms with Crippen LogP contribution in [0.15, 0.2) is 58.5 Å². The number of nitriles is 1. The van der Waals surface area contributed by atoms with Crippen LogP contribution >= 0.6 is 11.8 Å². The lowest BCUT2D eigenvalue weighted by Gasteiger charge is -2.16. The third-order valence-electron chi connectivity index (χ3n) is 4.51. The van der Waals surface area contributed by atoms with Gasteiger partial charge >= 0.3 is 0 Å². The summed E-state index contributed by atoms with van der Waals surface area (Å²) in [6, 6.07) is 13.8. The standard InChI is InChI=1S/C22H14F5N3OS/c23-16-15(17(24)19(26)20(27)18(16)25)21(31)11-5-3-4-10(8-11)12(9-28)22(30)32-14-7-2-1-6-13(14)29/h1-8,21,31H,29-30H2/b22-12-. The van der Waals surface area contributed by atoms with Crippen molar-refractivity contribution in [3.8, 4) is 6.07 Å². The molecule has 0 spiro atoms. The van der Waals surface area contributed by atoms with Crippen molar-refractivity contribution in [2.24, 2.45) is 5.73 Å². The Morgan fingerprint density at radius 1 is 0.906 bits per heavy atom. The van der Waals surface area contributed by atoms with E-state index >= 15 is 0 Å². The fourth-order valence-electron chi connectivity index (χ4n) is 2.90. The highest BCUT2D eigenvalue weighted by atomic mass is 32.2. The van der Waals surface area contributed by atoms with Crippen molar-refractivity contribution in [2.45, 2.75) is 11.0 Å². The number of nitrogens with zero attached hydrogens (tertiary/aromatic N) is 1. The first-order chi connectivity index (χ1) is 15.2. The first-order valence-corrected chi connectivity index (χ1v) is 9.70. The Morgan fingerprint density at radius 2 is 1.50 bits per heavy atom. The summed E-state index contributed by atoms with van der Waals surface area (Å²) < 4.78 is 68.6. The number of thioether (sulfide) groups is 1. The van der Waals surface area contributed by atoms with Gasteiger partial charge in [0.1, 0.15) is 12.2 Å². The second kappa shape index (κ2) is 9.30. The first kappa shape index (κ1) is 23.1. The molecule has 32 heavy (non-hydrogen) atoms. The quantitative estimate of drug-likeness (QED) is 0.124. The third kappa shape index (κ3) is 4.26. The molecule has 0 aliphatic rings. The van der Waals surface area contributed by atoms with Gasteiger partial charge < -0.3 is 16.6 Å². The van der Waals surface area contributed by atoms with E-state index in [4.69, 9.17) is 11.5 Å². The largest absolute Gasteiger partial charge is 0.398 e. The Kier molecular flexibility index (Phi) is 6.72. The Hall–Kier alpha value is -3.55. The molecule has 4 nitrogen and oxygen atoms in total. The Balaban J connectivity index is 2.05. The second-order valence-electron chi connectivity index (χ2n) is 6.50. The molecule has 3 aromatic carbocycles. The number of benzene rings is 3. The van der Waals surface area contributed by atoms with Gasteiger partial charge in [-0.2, -0.15) is 5.26 Å². The lowest BCUT2D eigenvalue weighted by Crippen LogP contribution is -2.12. The highest BCUT2D eigenvalue weighted by Gasteiger charge is 2.30. The van der Waals surface area contributed by atoms with Gasteiger partial charge in [-0.05, 0) is 29.3 Å². The number of aliphatic hydroxyl groups is 1. The fourth-order valence-corrected chi connectivity index (χ4v) is 3.73. The number of para-hydroxylation sites is 1. The summed E-state index contributed by atoms with van der Waals surface area (Å²) in [4.78, 5) is 0.579. The highest BCUT2D eigenvalue weighted by Crippen LogP contribution is 2.35. The zero-order valence-corrected chi connectivity index (χ0v) is 16.9. The highest BCUT2D eigenvalue weighted by molar-refractivity contribution is 8.03. The molecule has 3 rings (SSSR count). The van der Waals surface area contributed by atoms with E-state index in [1.165, 1.54) is 24.3 Å². The van der Waals surface area contributed by atoms with Crippen LogP contribution in [0.4, 0.5) is 27.6 Å². The predicted molar refractivity (Wildman–Crippen MR) is 110 cm³/mol. The van der Waals surface area contributed by atoms with Crippen molar-refractivity contribution in [1.82, 2.24) is 0 Å². The van der Waals surface area contributed by atoms with E-state index in [-0.39, 0.29) is 21.7 Å². The van der Waals surface area contributed by atoms with Gasteiger partial charge in [0, 0.05) is 10.6 Å². The van der Waals surface area contributed by atoms with E-state index in [1.807, 2.05) is 6.07 Å². The molecule has 0 amide bonds. The summed E-state index contributed by atoms with van der Waals surface area (Å²) in [5.74, 6) is -11.0. The number of rotatable bonds is 5. The van der Waals surface area contributed by atoms with Crippen molar-refractivity contribution in [1.29, 1.82) is 5.26 Å². The lowest BCUT2D eigenvalue weighted by atomic mass is 9.96. The van der Waals surface area contributed by atoms with Gasteiger partial charge in [0.15, 0.2) is 23.3 Å². The van der Waals surface area contributed by atoms with Crippen LogP contribution in [0.2, 0.25) is 0 Å². The summed E-state index contributed by atoms with van der Waals surface area (Å²) in [5.41, 5.74) is 10.8. The minimum atomic E-state index is -2.33. The molecule has 0 fully saturated rings. The average Bonchev–Trinajstić information content (AvgIpc) is 2.78. The number of allylic oxidation sites excluding steroid dienone is 1. The van der Waals surface area contributed by atoms with Crippen LogP contribution in [0, 0.1) is 40.4 Å². The van der Waals surface area contributed by atoms with Crippen LogP contribution < -0.4 is 11.5 Å². The molecule has 5 N–H and O–H groups in total. The zero-order valence-electron chi connectivity index (χ0n) is 16.0. The number of halogens is 5. The molecule has 10 heteroatoms. The monoisotopic (exact) mass is 463 g/mol. The van der Waals surface area contributed by atoms with Gasteiger partial charge in [0.25, 0.3) is 0 Å². The SMILES string of the molecule is N#C/C(=C(\N)Sc1ccccc1N)c1cccc(C(O)c2c(F)c(F)c(F)c(F)c2F)c1. The van der Waals surface area contributed by atoms with Crippen LogP contribution in [0.5, 0.6) is 0 Å². The molecule has 0 saturated carbocycles. The molecule has 1 unspecified atom stereocenters. The summed E-state index contributed by atoms with van der Waals surface area (Å²) in [6.45, 7) is 0. The molecule has 0 radical (unpaired) electrons. The molecule has 3 aromatic rings. The van der Waals surface area contributed by atoms with Crippen LogP contribution in [0.3, 0.4) is 0 Å². The van der Waals surface area contributed by atoms with E-state index in [0.717, 1.165) is 11.8 Å². The topological polar surface area (TPSA) is 96.1 Å². The normalized spacial score (nSPS) is 12.8.